The molecular weight excluding hydrogens is 500 g/mol. The number of amides is 3. The summed E-state index contributed by atoms with van der Waals surface area (Å²) in [7, 11) is 0. The van der Waals surface area contributed by atoms with Gasteiger partial charge in [-0.1, -0.05) is 18.6 Å². The second-order valence-electron chi connectivity index (χ2n) is 9.13. The highest BCUT2D eigenvalue weighted by atomic mass is 16.6. The molecule has 2 aromatic heterocycles. The lowest BCUT2D eigenvalue weighted by atomic mass is 10.1. The number of H-pyrrole nitrogens is 1. The zero-order valence-electron chi connectivity index (χ0n) is 20.1. The Morgan fingerprint density at radius 3 is 2.42 bits per heavy atom. The Kier molecular flexibility index (Phi) is 7.03. The van der Waals surface area contributed by atoms with Crippen molar-refractivity contribution >= 4 is 34.8 Å². The third-order valence-electron chi connectivity index (χ3n) is 6.65. The molecule has 38 heavy (non-hydrogen) atoms. The number of anilines is 1. The summed E-state index contributed by atoms with van der Waals surface area (Å²) >= 11 is 0. The van der Waals surface area contributed by atoms with E-state index in [0.717, 1.165) is 0 Å². The molecule has 1 fully saturated rings. The number of carbonyl (C=O) groups excluding carboxylic acids is 3. The lowest BCUT2D eigenvalue weighted by molar-refractivity contribution is -0.116. The van der Waals surface area contributed by atoms with Crippen LogP contribution in [0.15, 0.2) is 35.4 Å². The fraction of sp³-hybridized carbons (Fsp3) is 0.417. The second-order valence-corrected chi connectivity index (χ2v) is 9.13. The Bertz CT molecular complexity index is 1420. The van der Waals surface area contributed by atoms with Crippen LogP contribution in [0.3, 0.4) is 0 Å². The number of aromatic nitrogens is 4. The van der Waals surface area contributed by atoms with Gasteiger partial charge >= 0.3 is 0 Å². The van der Waals surface area contributed by atoms with E-state index < -0.39 is 42.6 Å². The van der Waals surface area contributed by atoms with Crippen molar-refractivity contribution in [3.05, 3.63) is 52.1 Å². The number of imidazole rings is 1. The first-order chi connectivity index (χ1) is 18.3. The summed E-state index contributed by atoms with van der Waals surface area (Å²) in [5, 5.41) is 32.2. The van der Waals surface area contributed by atoms with Crippen molar-refractivity contribution < 1.29 is 34.4 Å². The molecule has 14 nitrogen and oxygen atoms in total. The molecule has 14 heteroatoms. The number of unbranched alkanes of at least 4 members (excludes halogenated alkanes) is 2. The molecule has 0 unspecified atom stereocenters. The van der Waals surface area contributed by atoms with Crippen molar-refractivity contribution in [1.29, 1.82) is 0 Å². The highest BCUT2D eigenvalue weighted by Gasteiger charge is 2.44. The van der Waals surface area contributed by atoms with Crippen LogP contribution in [0.25, 0.3) is 11.2 Å². The molecule has 4 atom stereocenters. The van der Waals surface area contributed by atoms with Crippen molar-refractivity contribution in [3.8, 4) is 0 Å². The summed E-state index contributed by atoms with van der Waals surface area (Å²) in [6, 6.07) is 6.67. The summed E-state index contributed by atoms with van der Waals surface area (Å²) in [4.78, 5) is 61.6. The number of aliphatic hydroxyl groups excluding tert-OH is 3. The summed E-state index contributed by atoms with van der Waals surface area (Å²) in [6.07, 6.45) is -2.00. The zero-order chi connectivity index (χ0) is 27.0. The normalized spacial score (nSPS) is 22.9. The lowest BCUT2D eigenvalue weighted by Gasteiger charge is -2.16. The van der Waals surface area contributed by atoms with Gasteiger partial charge in [-0.25, -0.2) is 4.98 Å². The fourth-order valence-electron chi connectivity index (χ4n) is 4.65. The van der Waals surface area contributed by atoms with Crippen LogP contribution in [-0.4, -0.2) is 88.9 Å². The topological polar surface area (TPSA) is 200 Å². The van der Waals surface area contributed by atoms with E-state index in [4.69, 9.17) is 4.74 Å². The Hall–Kier alpha value is -3.98. The highest BCUT2D eigenvalue weighted by Crippen LogP contribution is 2.31. The van der Waals surface area contributed by atoms with Gasteiger partial charge in [-0.15, -0.1) is 0 Å². The maximum absolute atomic E-state index is 12.5. The molecule has 200 valence electrons. The predicted molar refractivity (Wildman–Crippen MR) is 130 cm³/mol. The van der Waals surface area contributed by atoms with E-state index >= 15 is 0 Å². The molecule has 0 radical (unpaired) electrons. The van der Waals surface area contributed by atoms with Crippen molar-refractivity contribution in [2.75, 3.05) is 18.5 Å². The summed E-state index contributed by atoms with van der Waals surface area (Å²) in [5.41, 5.74) is 0.121. The molecule has 0 spiro atoms. The van der Waals surface area contributed by atoms with Gasteiger partial charge in [0.15, 0.2) is 17.4 Å². The largest absolute Gasteiger partial charge is 0.394 e. The van der Waals surface area contributed by atoms with E-state index in [9.17, 15) is 34.5 Å². The quantitative estimate of drug-likeness (QED) is 0.179. The molecule has 4 heterocycles. The van der Waals surface area contributed by atoms with Crippen LogP contribution in [0.2, 0.25) is 0 Å². The van der Waals surface area contributed by atoms with Crippen LogP contribution >= 0.6 is 0 Å². The van der Waals surface area contributed by atoms with Gasteiger partial charge in [0.2, 0.25) is 11.9 Å². The van der Waals surface area contributed by atoms with Gasteiger partial charge in [0.1, 0.15) is 18.3 Å². The molecule has 0 saturated carbocycles. The SMILES string of the molecule is O=C(CCCCCN1C(=O)c2ccccc2C1=O)Nc1nc2c(ncn2[C@H]2O[C@H](CO)[C@@H](O)[C@@H]2O)c(=O)[nH]1. The van der Waals surface area contributed by atoms with Crippen LogP contribution in [0, 0.1) is 0 Å². The molecule has 3 amide bonds. The summed E-state index contributed by atoms with van der Waals surface area (Å²) < 4.78 is 6.73. The minimum atomic E-state index is -1.40. The number of rotatable bonds is 9. The number of aliphatic hydroxyl groups is 3. The number of ether oxygens (including phenoxy) is 1. The van der Waals surface area contributed by atoms with Crippen LogP contribution in [0.1, 0.15) is 52.6 Å². The zero-order valence-corrected chi connectivity index (χ0v) is 20.1. The number of hydrogen-bond acceptors (Lipinski definition) is 10. The highest BCUT2D eigenvalue weighted by molar-refractivity contribution is 6.21. The Morgan fingerprint density at radius 2 is 1.76 bits per heavy atom. The van der Waals surface area contributed by atoms with Crippen molar-refractivity contribution in [1.82, 2.24) is 24.4 Å². The molecule has 0 aliphatic carbocycles. The van der Waals surface area contributed by atoms with Crippen molar-refractivity contribution in [2.24, 2.45) is 0 Å². The number of hydrogen-bond donors (Lipinski definition) is 5. The molecule has 5 rings (SSSR count). The maximum atomic E-state index is 12.5. The van der Waals surface area contributed by atoms with E-state index in [1.807, 2.05) is 0 Å². The predicted octanol–water partition coefficient (Wildman–Crippen LogP) is -0.474. The number of benzene rings is 1. The standard InChI is InChI=1S/C24H26N6O8/c31-10-14-17(33)18(34)23(38-14)30-11-25-16-19(30)27-24(28-20(16)35)26-15(32)8-2-1-5-9-29-21(36)12-6-3-4-7-13(12)22(29)37/h3-4,6-7,11,14,17-18,23,31,33-34H,1-2,5,8-10H2,(H2,26,27,28,32,35)/t14-,17-,18+,23+/m1/s1. The van der Waals surface area contributed by atoms with Crippen LogP contribution in [-0.2, 0) is 9.53 Å². The lowest BCUT2D eigenvalue weighted by Crippen LogP contribution is -2.33. The van der Waals surface area contributed by atoms with Gasteiger partial charge in [-0.05, 0) is 25.0 Å². The van der Waals surface area contributed by atoms with Gasteiger partial charge in [-0.3, -0.25) is 38.9 Å². The van der Waals surface area contributed by atoms with Crippen molar-refractivity contribution in [2.45, 2.75) is 50.2 Å². The average molecular weight is 527 g/mol. The maximum Gasteiger partial charge on any atom is 0.280 e. The smallest absolute Gasteiger partial charge is 0.280 e. The van der Waals surface area contributed by atoms with E-state index in [1.165, 1.54) is 15.8 Å². The number of nitrogens with one attached hydrogen (secondary N) is 2. The summed E-state index contributed by atoms with van der Waals surface area (Å²) in [6.45, 7) is -0.264. The van der Waals surface area contributed by atoms with Crippen LogP contribution < -0.4 is 10.9 Å². The Morgan fingerprint density at radius 1 is 1.05 bits per heavy atom. The van der Waals surface area contributed by atoms with Crippen LogP contribution in [0.5, 0.6) is 0 Å². The molecule has 2 aliphatic rings. The van der Waals surface area contributed by atoms with Gasteiger partial charge in [0.25, 0.3) is 17.4 Å². The van der Waals surface area contributed by atoms with Crippen LogP contribution in [0.4, 0.5) is 5.95 Å². The second kappa shape index (κ2) is 10.4. The third kappa shape index (κ3) is 4.58. The van der Waals surface area contributed by atoms with Gasteiger partial charge in [0, 0.05) is 13.0 Å². The first-order valence-corrected chi connectivity index (χ1v) is 12.1. The van der Waals surface area contributed by atoms with E-state index in [-0.39, 0.29) is 41.9 Å². The first-order valence-electron chi connectivity index (χ1n) is 12.1. The molecular formula is C24H26N6O8. The van der Waals surface area contributed by atoms with Crippen molar-refractivity contribution in [3.63, 3.8) is 0 Å². The fourth-order valence-corrected chi connectivity index (χ4v) is 4.65. The first kappa shape index (κ1) is 25.7. The minimum Gasteiger partial charge on any atom is -0.394 e. The monoisotopic (exact) mass is 526 g/mol. The molecule has 5 N–H and O–H groups in total. The number of aromatic amines is 1. The summed E-state index contributed by atoms with van der Waals surface area (Å²) in [5.74, 6) is -1.17. The van der Waals surface area contributed by atoms with E-state index in [1.54, 1.807) is 24.3 Å². The molecule has 1 saturated heterocycles. The number of imide groups is 1. The van der Waals surface area contributed by atoms with E-state index in [0.29, 0.717) is 30.4 Å². The average Bonchev–Trinajstić information content (AvgIpc) is 3.53. The van der Waals surface area contributed by atoms with Gasteiger partial charge in [0.05, 0.1) is 24.1 Å². The Balaban J connectivity index is 1.16. The molecule has 2 aliphatic heterocycles. The minimum absolute atomic E-state index is 0.0137. The number of nitrogens with zero attached hydrogens (tertiary/aromatic N) is 4. The Labute approximate surface area is 214 Å². The number of carbonyl (C=O) groups is 3. The molecule has 0 bridgehead atoms. The van der Waals surface area contributed by atoms with E-state index in [2.05, 4.69) is 20.3 Å². The number of fused-ring (bicyclic) bond motifs is 2. The molecule has 3 aromatic rings. The third-order valence-corrected chi connectivity index (χ3v) is 6.65. The van der Waals surface area contributed by atoms with Gasteiger partial charge < -0.3 is 20.1 Å². The molecule has 1 aromatic carbocycles. The van der Waals surface area contributed by atoms with Gasteiger partial charge in [-0.2, -0.15) is 4.98 Å².